The third-order valence-corrected chi connectivity index (χ3v) is 3.63. The molecule has 3 rings (SSSR count). The molecular weight excluding hydrogens is 244 g/mol. The summed E-state index contributed by atoms with van der Waals surface area (Å²) in [6.07, 6.45) is 3.14. The van der Waals surface area contributed by atoms with Gasteiger partial charge in [-0.05, 0) is 34.3 Å². The van der Waals surface area contributed by atoms with E-state index in [2.05, 4.69) is 49.1 Å². The standard InChI is InChI=1S/C19H18O/c1-15-17(13-18-9-5-6-10-19(15)18)11-12-20-14-16-7-3-2-4-8-16/h2-10,13H,1,11-12,14H2. The highest BCUT2D eigenvalue weighted by atomic mass is 16.5. The summed E-state index contributed by atoms with van der Waals surface area (Å²) < 4.78 is 5.75. The van der Waals surface area contributed by atoms with Gasteiger partial charge in [-0.1, -0.05) is 67.3 Å². The van der Waals surface area contributed by atoms with Gasteiger partial charge in [-0.2, -0.15) is 0 Å². The normalized spacial score (nSPS) is 13.2. The quantitative estimate of drug-likeness (QED) is 0.709. The molecule has 100 valence electrons. The molecule has 1 aliphatic carbocycles. The fraction of sp³-hybridized carbons (Fsp3) is 0.158. The van der Waals surface area contributed by atoms with E-state index < -0.39 is 0 Å². The van der Waals surface area contributed by atoms with Crippen molar-refractivity contribution in [2.45, 2.75) is 13.0 Å². The van der Waals surface area contributed by atoms with Crippen molar-refractivity contribution in [2.75, 3.05) is 6.61 Å². The Morgan fingerprint density at radius 2 is 1.65 bits per heavy atom. The smallest absolute Gasteiger partial charge is 0.0717 e. The second-order valence-corrected chi connectivity index (χ2v) is 5.02. The largest absolute Gasteiger partial charge is 0.376 e. The lowest BCUT2D eigenvalue weighted by molar-refractivity contribution is 0.124. The summed E-state index contributed by atoms with van der Waals surface area (Å²) >= 11 is 0. The van der Waals surface area contributed by atoms with Crippen LogP contribution in [0.5, 0.6) is 0 Å². The number of rotatable bonds is 5. The number of hydrogen-bond donors (Lipinski definition) is 0. The molecular formula is C19H18O. The maximum atomic E-state index is 5.75. The van der Waals surface area contributed by atoms with Gasteiger partial charge in [0.25, 0.3) is 0 Å². The summed E-state index contributed by atoms with van der Waals surface area (Å²) in [6, 6.07) is 18.7. The minimum atomic E-state index is 0.674. The molecule has 0 radical (unpaired) electrons. The molecule has 2 aromatic carbocycles. The van der Waals surface area contributed by atoms with Gasteiger partial charge in [0.05, 0.1) is 13.2 Å². The molecule has 20 heavy (non-hydrogen) atoms. The molecule has 0 bridgehead atoms. The minimum Gasteiger partial charge on any atom is -0.376 e. The zero-order chi connectivity index (χ0) is 13.8. The van der Waals surface area contributed by atoms with E-state index >= 15 is 0 Å². The number of hydrogen-bond acceptors (Lipinski definition) is 1. The van der Waals surface area contributed by atoms with Crippen LogP contribution in [0.2, 0.25) is 0 Å². The van der Waals surface area contributed by atoms with Gasteiger partial charge in [-0.15, -0.1) is 0 Å². The topological polar surface area (TPSA) is 9.23 Å². The molecule has 0 fully saturated rings. The Kier molecular flexibility index (Phi) is 3.80. The van der Waals surface area contributed by atoms with Gasteiger partial charge < -0.3 is 4.74 Å². The molecule has 0 aliphatic heterocycles. The fourth-order valence-electron chi connectivity index (χ4n) is 2.51. The lowest BCUT2D eigenvalue weighted by atomic mass is 10.0. The number of ether oxygens (including phenoxy) is 1. The molecule has 0 amide bonds. The van der Waals surface area contributed by atoms with E-state index in [1.165, 1.54) is 22.3 Å². The van der Waals surface area contributed by atoms with Gasteiger partial charge in [0, 0.05) is 0 Å². The van der Waals surface area contributed by atoms with Crippen LogP contribution in [-0.4, -0.2) is 6.61 Å². The lowest BCUT2D eigenvalue weighted by Crippen LogP contribution is -1.96. The summed E-state index contributed by atoms with van der Waals surface area (Å²) in [6.45, 7) is 5.59. The van der Waals surface area contributed by atoms with Crippen LogP contribution in [0, 0.1) is 0 Å². The number of benzene rings is 2. The van der Waals surface area contributed by atoms with Crippen LogP contribution < -0.4 is 0 Å². The van der Waals surface area contributed by atoms with E-state index in [9.17, 15) is 0 Å². The summed E-state index contributed by atoms with van der Waals surface area (Å²) in [7, 11) is 0. The fourth-order valence-corrected chi connectivity index (χ4v) is 2.51. The van der Waals surface area contributed by atoms with Gasteiger partial charge in [0.2, 0.25) is 0 Å². The lowest BCUT2D eigenvalue weighted by Gasteiger charge is -2.07. The molecule has 0 unspecified atom stereocenters. The van der Waals surface area contributed by atoms with Crippen LogP contribution in [0.25, 0.3) is 11.6 Å². The first kappa shape index (κ1) is 12.9. The molecule has 0 N–H and O–H groups in total. The maximum absolute atomic E-state index is 5.75. The second-order valence-electron chi connectivity index (χ2n) is 5.02. The average Bonchev–Trinajstić information content (AvgIpc) is 2.82. The van der Waals surface area contributed by atoms with Crippen molar-refractivity contribution in [3.05, 3.63) is 83.4 Å². The van der Waals surface area contributed by atoms with Crippen LogP contribution in [0.15, 0.2) is 66.7 Å². The zero-order valence-corrected chi connectivity index (χ0v) is 11.5. The van der Waals surface area contributed by atoms with Crippen molar-refractivity contribution in [1.29, 1.82) is 0 Å². The molecule has 0 saturated heterocycles. The van der Waals surface area contributed by atoms with Crippen molar-refractivity contribution in [3.63, 3.8) is 0 Å². The summed E-state index contributed by atoms with van der Waals surface area (Å²) in [5, 5.41) is 0. The highest BCUT2D eigenvalue weighted by molar-refractivity contribution is 5.93. The van der Waals surface area contributed by atoms with Crippen molar-refractivity contribution in [1.82, 2.24) is 0 Å². The number of fused-ring (bicyclic) bond motifs is 1. The SMILES string of the molecule is C=C1C(CCOCc2ccccc2)=Cc2ccccc21. The Balaban J connectivity index is 1.52. The maximum Gasteiger partial charge on any atom is 0.0717 e. The third kappa shape index (κ3) is 2.73. The summed E-state index contributed by atoms with van der Waals surface area (Å²) in [5.74, 6) is 0. The molecule has 1 aliphatic rings. The summed E-state index contributed by atoms with van der Waals surface area (Å²) in [5.41, 5.74) is 6.18. The van der Waals surface area contributed by atoms with Gasteiger partial charge >= 0.3 is 0 Å². The van der Waals surface area contributed by atoms with E-state index in [0.29, 0.717) is 6.61 Å². The highest BCUT2D eigenvalue weighted by Gasteiger charge is 2.15. The molecule has 0 saturated carbocycles. The van der Waals surface area contributed by atoms with Crippen molar-refractivity contribution < 1.29 is 4.74 Å². The highest BCUT2D eigenvalue weighted by Crippen LogP contribution is 2.35. The van der Waals surface area contributed by atoms with Crippen LogP contribution >= 0.6 is 0 Å². The predicted octanol–water partition coefficient (Wildman–Crippen LogP) is 4.70. The summed E-state index contributed by atoms with van der Waals surface area (Å²) in [4.78, 5) is 0. The van der Waals surface area contributed by atoms with Gasteiger partial charge in [-0.25, -0.2) is 0 Å². The van der Waals surface area contributed by atoms with E-state index in [1.54, 1.807) is 0 Å². The first-order valence-electron chi connectivity index (χ1n) is 6.95. The Morgan fingerprint density at radius 3 is 2.45 bits per heavy atom. The Bertz CT molecular complexity index is 638. The predicted molar refractivity (Wildman–Crippen MR) is 84.2 cm³/mol. The Labute approximate surface area is 120 Å². The van der Waals surface area contributed by atoms with E-state index in [0.717, 1.165) is 18.6 Å². The van der Waals surface area contributed by atoms with Crippen LogP contribution in [-0.2, 0) is 11.3 Å². The second kappa shape index (κ2) is 5.89. The third-order valence-electron chi connectivity index (χ3n) is 3.63. The Morgan fingerprint density at radius 1 is 0.900 bits per heavy atom. The van der Waals surface area contributed by atoms with E-state index in [1.807, 2.05) is 18.2 Å². The first-order chi connectivity index (χ1) is 9.84. The van der Waals surface area contributed by atoms with Gasteiger partial charge in [0.15, 0.2) is 0 Å². The van der Waals surface area contributed by atoms with E-state index in [4.69, 9.17) is 4.74 Å². The van der Waals surface area contributed by atoms with Crippen LogP contribution in [0.4, 0.5) is 0 Å². The molecule has 0 aromatic heterocycles. The van der Waals surface area contributed by atoms with Crippen molar-refractivity contribution in [2.24, 2.45) is 0 Å². The van der Waals surface area contributed by atoms with Crippen molar-refractivity contribution >= 4 is 11.6 Å². The van der Waals surface area contributed by atoms with Crippen LogP contribution in [0.1, 0.15) is 23.1 Å². The monoisotopic (exact) mass is 262 g/mol. The van der Waals surface area contributed by atoms with Gasteiger partial charge in [0.1, 0.15) is 0 Å². The van der Waals surface area contributed by atoms with Crippen LogP contribution in [0.3, 0.4) is 0 Å². The minimum absolute atomic E-state index is 0.674. The first-order valence-corrected chi connectivity index (χ1v) is 6.95. The Hall–Kier alpha value is -2.12. The molecule has 1 heteroatoms. The zero-order valence-electron chi connectivity index (χ0n) is 11.5. The van der Waals surface area contributed by atoms with Crippen molar-refractivity contribution in [3.8, 4) is 0 Å². The van der Waals surface area contributed by atoms with E-state index in [-0.39, 0.29) is 0 Å². The molecule has 0 atom stereocenters. The average molecular weight is 262 g/mol. The molecule has 2 aromatic rings. The molecule has 1 nitrogen and oxygen atoms in total. The number of allylic oxidation sites excluding steroid dienone is 1. The molecule has 0 spiro atoms. The van der Waals surface area contributed by atoms with Gasteiger partial charge in [-0.3, -0.25) is 0 Å². The molecule has 0 heterocycles.